The maximum atomic E-state index is 13.4. The largest absolute Gasteiger partial charge is 0.497 e. The zero-order chi connectivity index (χ0) is 24.5. The molecule has 6 nitrogen and oxygen atoms in total. The number of carbonyl (C=O) groups excluding carboxylic acids is 2. The van der Waals surface area contributed by atoms with Crippen molar-refractivity contribution >= 4 is 22.6 Å². The van der Waals surface area contributed by atoms with Gasteiger partial charge in [-0.2, -0.15) is 0 Å². The molecule has 0 aromatic heterocycles. The van der Waals surface area contributed by atoms with Crippen molar-refractivity contribution in [3.63, 3.8) is 0 Å². The standard InChI is InChI=1S/C28H34N2O4/c1-5-25(28(32)29-17-20(2)3)30(18-21-13-15-23(33-4)16-14-21)27(31)19-34-26-12-8-10-22-9-6-7-11-24(22)26/h6-16,20,25H,5,17-19H2,1-4H3,(H,29,32)/t25-/m1/s1. The highest BCUT2D eigenvalue weighted by molar-refractivity contribution is 5.90. The first-order chi connectivity index (χ1) is 16.4. The molecule has 0 radical (unpaired) electrons. The average molecular weight is 463 g/mol. The van der Waals surface area contributed by atoms with Crippen molar-refractivity contribution < 1.29 is 19.1 Å². The van der Waals surface area contributed by atoms with Gasteiger partial charge in [-0.1, -0.05) is 69.3 Å². The highest BCUT2D eigenvalue weighted by atomic mass is 16.5. The fraction of sp³-hybridized carbons (Fsp3) is 0.357. The number of benzene rings is 3. The number of methoxy groups -OCH3 is 1. The molecule has 1 N–H and O–H groups in total. The summed E-state index contributed by atoms with van der Waals surface area (Å²) in [5, 5.41) is 4.97. The summed E-state index contributed by atoms with van der Waals surface area (Å²) in [4.78, 5) is 28.0. The van der Waals surface area contributed by atoms with E-state index in [1.54, 1.807) is 12.0 Å². The maximum absolute atomic E-state index is 13.4. The molecule has 0 spiro atoms. The van der Waals surface area contributed by atoms with Crippen LogP contribution >= 0.6 is 0 Å². The number of hydrogen-bond acceptors (Lipinski definition) is 4. The number of rotatable bonds is 11. The second kappa shape index (κ2) is 12.1. The van der Waals surface area contributed by atoms with E-state index in [2.05, 4.69) is 5.32 Å². The minimum atomic E-state index is -0.593. The molecule has 3 aromatic rings. The van der Waals surface area contributed by atoms with Crippen molar-refractivity contribution in [2.45, 2.75) is 39.8 Å². The lowest BCUT2D eigenvalue weighted by Gasteiger charge is -2.31. The molecule has 2 amide bonds. The third kappa shape index (κ3) is 6.50. The lowest BCUT2D eigenvalue weighted by molar-refractivity contribution is -0.143. The lowest BCUT2D eigenvalue weighted by Crippen LogP contribution is -2.50. The Bertz CT molecular complexity index is 1090. The SMILES string of the molecule is CC[C@H](C(=O)NCC(C)C)N(Cc1ccc(OC)cc1)C(=O)COc1cccc2ccccc12. The van der Waals surface area contributed by atoms with Crippen LogP contribution in [0.3, 0.4) is 0 Å². The molecule has 180 valence electrons. The lowest BCUT2D eigenvalue weighted by atomic mass is 10.1. The minimum Gasteiger partial charge on any atom is -0.497 e. The maximum Gasteiger partial charge on any atom is 0.261 e. The second-order valence-corrected chi connectivity index (χ2v) is 8.70. The molecule has 0 unspecified atom stereocenters. The van der Waals surface area contributed by atoms with E-state index < -0.39 is 6.04 Å². The average Bonchev–Trinajstić information content (AvgIpc) is 2.86. The molecule has 0 heterocycles. The molecule has 3 aromatic carbocycles. The number of nitrogens with zero attached hydrogens (tertiary/aromatic N) is 1. The van der Waals surface area contributed by atoms with Crippen molar-refractivity contribution in [2.75, 3.05) is 20.3 Å². The van der Waals surface area contributed by atoms with Gasteiger partial charge in [-0.25, -0.2) is 0 Å². The quantitative estimate of drug-likeness (QED) is 0.444. The van der Waals surface area contributed by atoms with Crippen LogP contribution in [0.4, 0.5) is 0 Å². The number of nitrogens with one attached hydrogen (secondary N) is 1. The fourth-order valence-electron chi connectivity index (χ4n) is 3.81. The van der Waals surface area contributed by atoms with Crippen molar-refractivity contribution in [1.82, 2.24) is 10.2 Å². The van der Waals surface area contributed by atoms with Crippen LogP contribution in [0.15, 0.2) is 66.7 Å². The van der Waals surface area contributed by atoms with Gasteiger partial charge in [0.2, 0.25) is 5.91 Å². The van der Waals surface area contributed by atoms with Gasteiger partial charge in [-0.15, -0.1) is 0 Å². The minimum absolute atomic E-state index is 0.150. The van der Waals surface area contributed by atoms with Crippen LogP contribution in [-0.2, 0) is 16.1 Å². The Morgan fingerprint density at radius 2 is 1.68 bits per heavy atom. The van der Waals surface area contributed by atoms with Crippen molar-refractivity contribution in [3.05, 3.63) is 72.3 Å². The molecular formula is C28H34N2O4. The van der Waals surface area contributed by atoms with Gasteiger partial charge in [-0.3, -0.25) is 9.59 Å². The van der Waals surface area contributed by atoms with E-state index in [1.165, 1.54) is 0 Å². The number of fused-ring (bicyclic) bond motifs is 1. The van der Waals surface area contributed by atoms with Crippen LogP contribution in [0.1, 0.15) is 32.8 Å². The zero-order valence-corrected chi connectivity index (χ0v) is 20.4. The summed E-state index contributed by atoms with van der Waals surface area (Å²) >= 11 is 0. The van der Waals surface area contributed by atoms with Gasteiger partial charge in [0.1, 0.15) is 17.5 Å². The van der Waals surface area contributed by atoms with Crippen molar-refractivity contribution in [1.29, 1.82) is 0 Å². The van der Waals surface area contributed by atoms with Gasteiger partial charge < -0.3 is 19.7 Å². The van der Waals surface area contributed by atoms with E-state index in [1.807, 2.05) is 87.5 Å². The van der Waals surface area contributed by atoms with Gasteiger partial charge in [0.05, 0.1) is 7.11 Å². The van der Waals surface area contributed by atoms with Gasteiger partial charge in [0.25, 0.3) is 5.91 Å². The fourth-order valence-corrected chi connectivity index (χ4v) is 3.81. The van der Waals surface area contributed by atoms with E-state index in [0.29, 0.717) is 31.2 Å². The summed E-state index contributed by atoms with van der Waals surface area (Å²) in [7, 11) is 1.61. The smallest absolute Gasteiger partial charge is 0.261 e. The van der Waals surface area contributed by atoms with Gasteiger partial charge >= 0.3 is 0 Å². The van der Waals surface area contributed by atoms with E-state index in [0.717, 1.165) is 22.1 Å². The van der Waals surface area contributed by atoms with Crippen LogP contribution in [0.2, 0.25) is 0 Å². The molecule has 3 rings (SSSR count). The Labute approximate surface area is 201 Å². The van der Waals surface area contributed by atoms with Crippen molar-refractivity contribution in [3.8, 4) is 11.5 Å². The molecule has 0 saturated heterocycles. The molecule has 0 saturated carbocycles. The summed E-state index contributed by atoms with van der Waals surface area (Å²) in [6, 6.07) is 20.6. The van der Waals surface area contributed by atoms with Crippen LogP contribution in [0.25, 0.3) is 10.8 Å². The predicted molar refractivity (Wildman–Crippen MR) is 135 cm³/mol. The molecule has 1 atom stereocenters. The van der Waals surface area contributed by atoms with Gasteiger partial charge in [0.15, 0.2) is 6.61 Å². The molecule has 0 fully saturated rings. The molecule has 0 aliphatic rings. The molecule has 0 bridgehead atoms. The number of amides is 2. The van der Waals surface area contributed by atoms with Crippen LogP contribution in [0, 0.1) is 5.92 Å². The van der Waals surface area contributed by atoms with Gasteiger partial charge in [-0.05, 0) is 41.5 Å². The second-order valence-electron chi connectivity index (χ2n) is 8.70. The van der Waals surface area contributed by atoms with Crippen LogP contribution in [0.5, 0.6) is 11.5 Å². The first-order valence-electron chi connectivity index (χ1n) is 11.7. The molecule has 0 aliphatic carbocycles. The molecular weight excluding hydrogens is 428 g/mol. The number of carbonyl (C=O) groups is 2. The monoisotopic (exact) mass is 462 g/mol. The summed E-state index contributed by atoms with van der Waals surface area (Å²) in [6.45, 7) is 6.71. The normalized spacial score (nSPS) is 11.8. The first kappa shape index (κ1) is 25.1. The van der Waals surface area contributed by atoms with E-state index in [9.17, 15) is 9.59 Å². The topological polar surface area (TPSA) is 67.9 Å². The third-order valence-electron chi connectivity index (χ3n) is 5.68. The summed E-state index contributed by atoms with van der Waals surface area (Å²) in [6.07, 6.45) is 0.500. The zero-order valence-electron chi connectivity index (χ0n) is 20.4. The van der Waals surface area contributed by atoms with E-state index >= 15 is 0 Å². The molecule has 0 aliphatic heterocycles. The highest BCUT2D eigenvalue weighted by Crippen LogP contribution is 2.25. The van der Waals surface area contributed by atoms with Crippen molar-refractivity contribution in [2.24, 2.45) is 5.92 Å². The Balaban J connectivity index is 1.81. The summed E-state index contributed by atoms with van der Waals surface area (Å²) in [5.74, 6) is 1.32. The van der Waals surface area contributed by atoms with Crippen LogP contribution < -0.4 is 14.8 Å². The van der Waals surface area contributed by atoms with Crippen LogP contribution in [-0.4, -0.2) is 43.0 Å². The van der Waals surface area contributed by atoms with E-state index in [4.69, 9.17) is 9.47 Å². The van der Waals surface area contributed by atoms with E-state index in [-0.39, 0.29) is 18.4 Å². The third-order valence-corrected chi connectivity index (χ3v) is 5.68. The highest BCUT2D eigenvalue weighted by Gasteiger charge is 2.29. The number of ether oxygens (including phenoxy) is 2. The number of hydrogen-bond donors (Lipinski definition) is 1. The molecule has 34 heavy (non-hydrogen) atoms. The Morgan fingerprint density at radius 3 is 2.35 bits per heavy atom. The summed E-state index contributed by atoms with van der Waals surface area (Å²) < 4.78 is 11.2. The molecule has 6 heteroatoms. The summed E-state index contributed by atoms with van der Waals surface area (Å²) in [5.41, 5.74) is 0.912. The first-order valence-corrected chi connectivity index (χ1v) is 11.7. The Morgan fingerprint density at radius 1 is 0.971 bits per heavy atom. The Kier molecular flexibility index (Phi) is 8.91. The van der Waals surface area contributed by atoms with Gasteiger partial charge in [0, 0.05) is 18.5 Å². The predicted octanol–water partition coefficient (Wildman–Crippen LogP) is 4.81. The Hall–Kier alpha value is -3.54.